The Labute approximate surface area is 158 Å². The van der Waals surface area contributed by atoms with Crippen molar-refractivity contribution in [2.45, 2.75) is 44.9 Å². The molecule has 0 unspecified atom stereocenters. The van der Waals surface area contributed by atoms with Gasteiger partial charge >= 0.3 is 11.9 Å². The van der Waals surface area contributed by atoms with Crippen molar-refractivity contribution in [3.63, 3.8) is 0 Å². The van der Waals surface area contributed by atoms with Gasteiger partial charge in [-0.05, 0) is 48.2 Å². The van der Waals surface area contributed by atoms with Crippen LogP contribution in [-0.2, 0) is 9.59 Å². The van der Waals surface area contributed by atoms with E-state index in [9.17, 15) is 9.59 Å². The molecule has 0 aliphatic carbocycles. The molecule has 146 valence electrons. The molecular weight excluding hydrogens is 348 g/mol. The quantitative estimate of drug-likeness (QED) is 0.475. The van der Waals surface area contributed by atoms with E-state index in [1.807, 2.05) is 24.3 Å². The second-order valence-corrected chi connectivity index (χ2v) is 6.15. The van der Waals surface area contributed by atoms with Crippen LogP contribution in [0.25, 0.3) is 11.1 Å². The highest BCUT2D eigenvalue weighted by Crippen LogP contribution is 2.23. The molecular formula is C21H26O6. The van der Waals surface area contributed by atoms with Crippen molar-refractivity contribution in [2.24, 2.45) is 0 Å². The number of benzene rings is 2. The molecule has 6 heteroatoms. The Hall–Kier alpha value is -3.02. The molecule has 2 rings (SSSR count). The number of aliphatic carboxylic acids is 2. The molecule has 0 aromatic heterocycles. The molecule has 0 heterocycles. The zero-order valence-corrected chi connectivity index (χ0v) is 15.2. The number of carboxylic acid groups (broad SMARTS) is 2. The van der Waals surface area contributed by atoms with Gasteiger partial charge in [0, 0.05) is 12.8 Å². The van der Waals surface area contributed by atoms with Crippen LogP contribution in [0.4, 0.5) is 0 Å². The predicted octanol–water partition coefficient (Wildman–Crippen LogP) is 4.65. The van der Waals surface area contributed by atoms with Gasteiger partial charge in [0.25, 0.3) is 0 Å². The average Bonchev–Trinajstić information content (AvgIpc) is 2.62. The standard InChI is InChI=1S/C12H10O2.C9H16O4/c13-11-5-1-9(2-6-11)10-3-7-12(14)8-4-10;10-8(11)6-4-2-1-3-5-7-9(12)13/h1-8,13-14H;1-7H2,(H,10,11)(H,12,13). The summed E-state index contributed by atoms with van der Waals surface area (Å²) in [6.07, 6.45) is 4.53. The van der Waals surface area contributed by atoms with E-state index in [1.54, 1.807) is 24.3 Å². The molecule has 4 N–H and O–H groups in total. The first kappa shape index (κ1) is 22.0. The number of rotatable bonds is 9. The van der Waals surface area contributed by atoms with E-state index in [-0.39, 0.29) is 24.3 Å². The molecule has 0 saturated carbocycles. The Bertz CT molecular complexity index is 630. The van der Waals surface area contributed by atoms with Gasteiger partial charge in [0.2, 0.25) is 0 Å². The maximum atomic E-state index is 10.1. The lowest BCUT2D eigenvalue weighted by Crippen LogP contribution is -1.95. The first-order valence-electron chi connectivity index (χ1n) is 8.90. The third-order valence-corrected chi connectivity index (χ3v) is 3.85. The predicted molar refractivity (Wildman–Crippen MR) is 103 cm³/mol. The summed E-state index contributed by atoms with van der Waals surface area (Å²) in [4.78, 5) is 20.2. The minimum absolute atomic E-state index is 0.221. The van der Waals surface area contributed by atoms with Gasteiger partial charge in [0.15, 0.2) is 0 Å². The molecule has 0 radical (unpaired) electrons. The van der Waals surface area contributed by atoms with E-state index in [1.165, 1.54) is 0 Å². The van der Waals surface area contributed by atoms with E-state index in [2.05, 4.69) is 0 Å². The molecule has 6 nitrogen and oxygen atoms in total. The van der Waals surface area contributed by atoms with Crippen molar-refractivity contribution in [1.29, 1.82) is 0 Å². The van der Waals surface area contributed by atoms with Crippen LogP contribution in [0.15, 0.2) is 48.5 Å². The lowest BCUT2D eigenvalue weighted by Gasteiger charge is -2.01. The number of aromatic hydroxyl groups is 2. The van der Waals surface area contributed by atoms with Crippen molar-refractivity contribution in [1.82, 2.24) is 0 Å². The molecule has 0 bridgehead atoms. The third kappa shape index (κ3) is 10.5. The highest BCUT2D eigenvalue weighted by molar-refractivity contribution is 5.67. The smallest absolute Gasteiger partial charge is 0.303 e. The molecule has 0 fully saturated rings. The van der Waals surface area contributed by atoms with Crippen molar-refractivity contribution in [3.05, 3.63) is 48.5 Å². The topological polar surface area (TPSA) is 115 Å². The summed E-state index contributed by atoms with van der Waals surface area (Å²) in [5, 5.41) is 34.8. The average molecular weight is 374 g/mol. The van der Waals surface area contributed by atoms with Crippen molar-refractivity contribution < 1.29 is 30.0 Å². The van der Waals surface area contributed by atoms with Gasteiger partial charge in [-0.15, -0.1) is 0 Å². The fourth-order valence-electron chi connectivity index (χ4n) is 2.39. The summed E-state index contributed by atoms with van der Waals surface area (Å²) in [5.41, 5.74) is 2.03. The van der Waals surface area contributed by atoms with Crippen LogP contribution in [-0.4, -0.2) is 32.4 Å². The number of hydrogen-bond acceptors (Lipinski definition) is 4. The van der Waals surface area contributed by atoms with Crippen molar-refractivity contribution >= 4 is 11.9 Å². The van der Waals surface area contributed by atoms with E-state index in [0.29, 0.717) is 12.8 Å². The normalized spacial score (nSPS) is 9.93. The maximum absolute atomic E-state index is 10.1. The molecule has 27 heavy (non-hydrogen) atoms. The molecule has 0 spiro atoms. The van der Waals surface area contributed by atoms with Gasteiger partial charge in [-0.25, -0.2) is 0 Å². The number of phenols is 2. The first-order chi connectivity index (χ1) is 12.9. The highest BCUT2D eigenvalue weighted by atomic mass is 16.4. The van der Waals surface area contributed by atoms with Crippen LogP contribution in [0.1, 0.15) is 44.9 Å². The Morgan fingerprint density at radius 3 is 1.15 bits per heavy atom. The van der Waals surface area contributed by atoms with E-state index in [4.69, 9.17) is 20.4 Å². The summed E-state index contributed by atoms with van der Waals surface area (Å²) < 4.78 is 0. The highest BCUT2D eigenvalue weighted by Gasteiger charge is 1.98. The van der Waals surface area contributed by atoms with Gasteiger partial charge in [0.05, 0.1) is 0 Å². The fraction of sp³-hybridized carbons (Fsp3) is 0.333. The summed E-state index contributed by atoms with van der Waals surface area (Å²) >= 11 is 0. The minimum Gasteiger partial charge on any atom is -0.508 e. The van der Waals surface area contributed by atoms with E-state index < -0.39 is 11.9 Å². The number of carbonyl (C=O) groups is 2. The van der Waals surface area contributed by atoms with Crippen LogP contribution < -0.4 is 0 Å². The lowest BCUT2D eigenvalue weighted by atomic mass is 10.1. The Kier molecular flexibility index (Phi) is 10.1. The second kappa shape index (κ2) is 12.4. The summed E-state index contributed by atoms with van der Waals surface area (Å²) in [7, 11) is 0. The Morgan fingerprint density at radius 2 is 0.852 bits per heavy atom. The van der Waals surface area contributed by atoms with Crippen LogP contribution in [0.2, 0.25) is 0 Å². The van der Waals surface area contributed by atoms with Gasteiger partial charge in [-0.3, -0.25) is 9.59 Å². The van der Waals surface area contributed by atoms with Crippen LogP contribution >= 0.6 is 0 Å². The first-order valence-corrected chi connectivity index (χ1v) is 8.90. The molecule has 0 saturated heterocycles. The van der Waals surface area contributed by atoms with E-state index in [0.717, 1.165) is 30.4 Å². The van der Waals surface area contributed by atoms with Crippen molar-refractivity contribution in [3.8, 4) is 22.6 Å². The van der Waals surface area contributed by atoms with Crippen LogP contribution in [0.5, 0.6) is 11.5 Å². The van der Waals surface area contributed by atoms with Gasteiger partial charge in [0.1, 0.15) is 11.5 Å². The number of hydrogen-bond donors (Lipinski definition) is 4. The molecule has 0 aliphatic heterocycles. The molecule has 2 aromatic carbocycles. The van der Waals surface area contributed by atoms with Crippen LogP contribution in [0, 0.1) is 0 Å². The largest absolute Gasteiger partial charge is 0.508 e. The van der Waals surface area contributed by atoms with Gasteiger partial charge in [-0.2, -0.15) is 0 Å². The number of phenolic OH excluding ortho intramolecular Hbond substituents is 2. The van der Waals surface area contributed by atoms with Crippen molar-refractivity contribution in [2.75, 3.05) is 0 Å². The minimum atomic E-state index is -0.759. The fourth-order valence-corrected chi connectivity index (χ4v) is 2.39. The zero-order valence-electron chi connectivity index (χ0n) is 15.2. The van der Waals surface area contributed by atoms with Gasteiger partial charge < -0.3 is 20.4 Å². The third-order valence-electron chi connectivity index (χ3n) is 3.85. The lowest BCUT2D eigenvalue weighted by molar-refractivity contribution is -0.138. The molecule has 0 amide bonds. The molecule has 0 aliphatic rings. The number of carboxylic acids is 2. The monoisotopic (exact) mass is 374 g/mol. The van der Waals surface area contributed by atoms with Gasteiger partial charge in [-0.1, -0.05) is 43.5 Å². The summed E-state index contributed by atoms with van der Waals surface area (Å²) in [6.45, 7) is 0. The zero-order chi connectivity index (χ0) is 20.1. The summed E-state index contributed by atoms with van der Waals surface area (Å²) in [6, 6.07) is 13.9. The SMILES string of the molecule is O=C(O)CCCCCCCC(=O)O.Oc1ccc(-c2ccc(O)cc2)cc1. The summed E-state index contributed by atoms with van der Waals surface area (Å²) in [5.74, 6) is -1.00. The van der Waals surface area contributed by atoms with E-state index >= 15 is 0 Å². The molecule has 2 aromatic rings. The van der Waals surface area contributed by atoms with Crippen LogP contribution in [0.3, 0.4) is 0 Å². The Morgan fingerprint density at radius 1 is 0.556 bits per heavy atom. The molecule has 0 atom stereocenters. The Balaban J connectivity index is 0.000000271. The number of unbranched alkanes of at least 4 members (excludes halogenated alkanes) is 4. The second-order valence-electron chi connectivity index (χ2n) is 6.15. The maximum Gasteiger partial charge on any atom is 0.303 e.